The molecule has 7 heteroatoms. The lowest BCUT2D eigenvalue weighted by molar-refractivity contribution is 0.312. The van der Waals surface area contributed by atoms with Gasteiger partial charge in [-0.3, -0.25) is 0 Å². The topological polar surface area (TPSA) is 59.8 Å². The lowest BCUT2D eigenvalue weighted by Gasteiger charge is -2.33. The van der Waals surface area contributed by atoms with E-state index in [0.29, 0.717) is 5.82 Å². The van der Waals surface area contributed by atoms with E-state index in [1.54, 1.807) is 0 Å². The molecule has 1 aliphatic rings. The normalized spacial score (nSPS) is 17.3. The Morgan fingerprint density at radius 3 is 2.47 bits per heavy atom. The summed E-state index contributed by atoms with van der Waals surface area (Å²) >= 11 is 0. The standard InChI is InChI=1S/C10H15BFN3O2/c1-14-2-4-15(5-3-14)10-6-9(12)8(7-13-10)11(16)17/h6-7,16-17H,2-5H2,1H3. The van der Waals surface area contributed by atoms with Gasteiger partial charge in [0.15, 0.2) is 0 Å². The van der Waals surface area contributed by atoms with Crippen molar-refractivity contribution in [3.63, 3.8) is 0 Å². The zero-order valence-electron chi connectivity index (χ0n) is 9.67. The minimum atomic E-state index is -1.82. The third kappa shape index (κ3) is 2.74. The number of halogens is 1. The van der Waals surface area contributed by atoms with Crippen molar-refractivity contribution in [2.75, 3.05) is 38.1 Å². The summed E-state index contributed by atoms with van der Waals surface area (Å²) in [5.41, 5.74) is -0.192. The molecule has 1 aromatic rings. The molecule has 0 unspecified atom stereocenters. The maximum atomic E-state index is 13.5. The Morgan fingerprint density at radius 2 is 1.94 bits per heavy atom. The van der Waals surface area contributed by atoms with E-state index in [4.69, 9.17) is 10.0 Å². The van der Waals surface area contributed by atoms with Gasteiger partial charge in [-0.1, -0.05) is 0 Å². The van der Waals surface area contributed by atoms with E-state index in [-0.39, 0.29) is 5.46 Å². The molecule has 0 aliphatic carbocycles. The molecule has 0 aromatic carbocycles. The van der Waals surface area contributed by atoms with Crippen LogP contribution in [0.2, 0.25) is 0 Å². The Morgan fingerprint density at radius 1 is 1.29 bits per heavy atom. The first-order valence-electron chi connectivity index (χ1n) is 5.53. The fraction of sp³-hybridized carbons (Fsp3) is 0.500. The number of rotatable bonds is 2. The van der Waals surface area contributed by atoms with Crippen molar-refractivity contribution >= 4 is 18.4 Å². The third-order valence-corrected chi connectivity index (χ3v) is 2.97. The second-order valence-electron chi connectivity index (χ2n) is 4.23. The molecule has 2 heterocycles. The quantitative estimate of drug-likeness (QED) is 0.625. The van der Waals surface area contributed by atoms with Crippen LogP contribution >= 0.6 is 0 Å². The molecule has 2 N–H and O–H groups in total. The van der Waals surface area contributed by atoms with E-state index < -0.39 is 12.9 Å². The molecular formula is C10H15BFN3O2. The summed E-state index contributed by atoms with van der Waals surface area (Å²) in [6.07, 6.45) is 1.17. The smallest absolute Gasteiger partial charge is 0.423 e. The van der Waals surface area contributed by atoms with Crippen LogP contribution in [0.5, 0.6) is 0 Å². The summed E-state index contributed by atoms with van der Waals surface area (Å²) < 4.78 is 13.5. The van der Waals surface area contributed by atoms with Gasteiger partial charge in [0.05, 0.1) is 0 Å². The Bertz CT molecular complexity index is 397. The molecule has 0 bridgehead atoms. The van der Waals surface area contributed by atoms with Crippen LogP contribution in [0.15, 0.2) is 12.3 Å². The predicted octanol–water partition coefficient (Wildman–Crippen LogP) is -1.35. The van der Waals surface area contributed by atoms with Gasteiger partial charge in [0.2, 0.25) is 0 Å². The number of aromatic nitrogens is 1. The van der Waals surface area contributed by atoms with E-state index in [0.717, 1.165) is 26.2 Å². The molecule has 0 saturated carbocycles. The van der Waals surface area contributed by atoms with Gasteiger partial charge >= 0.3 is 7.12 Å². The van der Waals surface area contributed by atoms with Crippen molar-refractivity contribution in [2.45, 2.75) is 0 Å². The highest BCUT2D eigenvalue weighted by molar-refractivity contribution is 6.58. The number of nitrogens with zero attached hydrogens (tertiary/aromatic N) is 3. The highest BCUT2D eigenvalue weighted by atomic mass is 19.1. The first-order chi connectivity index (χ1) is 8.08. The minimum absolute atomic E-state index is 0.192. The molecule has 1 aliphatic heterocycles. The van der Waals surface area contributed by atoms with Crippen LogP contribution in [-0.4, -0.2) is 60.3 Å². The van der Waals surface area contributed by atoms with Crippen LogP contribution in [-0.2, 0) is 0 Å². The number of anilines is 1. The minimum Gasteiger partial charge on any atom is -0.423 e. The molecule has 0 amide bonds. The third-order valence-electron chi connectivity index (χ3n) is 2.97. The molecule has 0 radical (unpaired) electrons. The van der Waals surface area contributed by atoms with Crippen LogP contribution in [0.1, 0.15) is 0 Å². The molecule has 0 atom stereocenters. The lowest BCUT2D eigenvalue weighted by Crippen LogP contribution is -2.45. The van der Waals surface area contributed by atoms with Crippen molar-refractivity contribution in [1.29, 1.82) is 0 Å². The average molecular weight is 239 g/mol. The van der Waals surface area contributed by atoms with E-state index in [9.17, 15) is 4.39 Å². The fourth-order valence-corrected chi connectivity index (χ4v) is 1.83. The first kappa shape index (κ1) is 12.3. The van der Waals surface area contributed by atoms with Gasteiger partial charge in [0.25, 0.3) is 0 Å². The van der Waals surface area contributed by atoms with Crippen LogP contribution in [0.25, 0.3) is 0 Å². The lowest BCUT2D eigenvalue weighted by atomic mass is 9.81. The van der Waals surface area contributed by atoms with Gasteiger partial charge in [-0.15, -0.1) is 0 Å². The molecule has 1 saturated heterocycles. The molecule has 1 fully saturated rings. The second-order valence-corrected chi connectivity index (χ2v) is 4.23. The number of pyridine rings is 1. The molecule has 0 spiro atoms. The molecule has 5 nitrogen and oxygen atoms in total. The highest BCUT2D eigenvalue weighted by Crippen LogP contribution is 2.13. The monoisotopic (exact) mass is 239 g/mol. The van der Waals surface area contributed by atoms with Crippen molar-refractivity contribution in [3.05, 3.63) is 18.1 Å². The largest absolute Gasteiger partial charge is 0.493 e. The van der Waals surface area contributed by atoms with Gasteiger partial charge in [-0.25, -0.2) is 9.37 Å². The van der Waals surface area contributed by atoms with Gasteiger partial charge in [-0.05, 0) is 7.05 Å². The van der Waals surface area contributed by atoms with Crippen molar-refractivity contribution in [2.24, 2.45) is 0 Å². The first-order valence-corrected chi connectivity index (χ1v) is 5.53. The van der Waals surface area contributed by atoms with E-state index in [1.807, 2.05) is 11.9 Å². The van der Waals surface area contributed by atoms with E-state index in [1.165, 1.54) is 12.3 Å². The summed E-state index contributed by atoms with van der Waals surface area (Å²) in [6, 6.07) is 1.25. The molecular weight excluding hydrogens is 224 g/mol. The number of hydrogen-bond acceptors (Lipinski definition) is 5. The van der Waals surface area contributed by atoms with Crippen molar-refractivity contribution < 1.29 is 14.4 Å². The zero-order valence-corrected chi connectivity index (χ0v) is 9.67. The van der Waals surface area contributed by atoms with E-state index in [2.05, 4.69) is 9.88 Å². The summed E-state index contributed by atoms with van der Waals surface area (Å²) in [7, 11) is 0.223. The fourth-order valence-electron chi connectivity index (χ4n) is 1.83. The Kier molecular flexibility index (Phi) is 3.61. The zero-order chi connectivity index (χ0) is 12.4. The van der Waals surface area contributed by atoms with Crippen molar-refractivity contribution in [1.82, 2.24) is 9.88 Å². The predicted molar refractivity (Wildman–Crippen MR) is 63.7 cm³/mol. The number of hydrogen-bond donors (Lipinski definition) is 2. The van der Waals surface area contributed by atoms with Gasteiger partial charge in [0, 0.05) is 43.9 Å². The van der Waals surface area contributed by atoms with Crippen LogP contribution < -0.4 is 10.4 Å². The number of piperazine rings is 1. The Hall–Kier alpha value is -1.18. The van der Waals surface area contributed by atoms with E-state index >= 15 is 0 Å². The van der Waals surface area contributed by atoms with Crippen LogP contribution in [0.3, 0.4) is 0 Å². The maximum Gasteiger partial charge on any atom is 0.493 e. The summed E-state index contributed by atoms with van der Waals surface area (Å²) in [6.45, 7) is 3.41. The van der Waals surface area contributed by atoms with Gasteiger partial charge in [0.1, 0.15) is 11.6 Å². The number of likely N-dealkylation sites (N-methyl/N-ethyl adjacent to an activating group) is 1. The van der Waals surface area contributed by atoms with Crippen molar-refractivity contribution in [3.8, 4) is 0 Å². The molecule has 92 valence electrons. The molecule has 17 heavy (non-hydrogen) atoms. The molecule has 1 aromatic heterocycles. The van der Waals surface area contributed by atoms with Crippen LogP contribution in [0.4, 0.5) is 10.2 Å². The summed E-state index contributed by atoms with van der Waals surface area (Å²) in [5.74, 6) is -0.0936. The molecule has 2 rings (SSSR count). The highest BCUT2D eigenvalue weighted by Gasteiger charge is 2.20. The van der Waals surface area contributed by atoms with Gasteiger partial charge in [-0.2, -0.15) is 0 Å². The Balaban J connectivity index is 2.14. The SMILES string of the molecule is CN1CCN(c2cc(F)c(B(O)O)cn2)CC1. The average Bonchev–Trinajstić information content (AvgIpc) is 2.29. The Labute approximate surface area is 99.6 Å². The maximum absolute atomic E-state index is 13.5. The second kappa shape index (κ2) is 4.99. The summed E-state index contributed by atoms with van der Waals surface area (Å²) in [5, 5.41) is 17.8. The van der Waals surface area contributed by atoms with Gasteiger partial charge < -0.3 is 19.8 Å². The van der Waals surface area contributed by atoms with Crippen LogP contribution in [0, 0.1) is 5.82 Å². The summed E-state index contributed by atoms with van der Waals surface area (Å²) in [4.78, 5) is 8.23.